The van der Waals surface area contributed by atoms with E-state index in [4.69, 9.17) is 4.74 Å². The summed E-state index contributed by atoms with van der Waals surface area (Å²) in [6.45, 7) is 6.38. The molecular weight excluding hydrogens is 267 g/mol. The predicted octanol–water partition coefficient (Wildman–Crippen LogP) is 2.11. The second-order valence-electron chi connectivity index (χ2n) is 3.60. The number of carbonyl (C=O) groups is 1. The molecule has 0 aliphatic rings. The van der Waals surface area contributed by atoms with E-state index in [9.17, 15) is 22.1 Å². The number of aromatic nitrogens is 2. The van der Waals surface area contributed by atoms with Crippen LogP contribution in [0.15, 0.2) is 30.6 Å². The van der Waals surface area contributed by atoms with Crippen molar-refractivity contribution in [2.75, 3.05) is 6.61 Å². The molecule has 0 saturated heterocycles. The second-order valence-corrected chi connectivity index (χ2v) is 3.60. The maximum Gasteiger partial charge on any atom is 0.673 e. The first-order chi connectivity index (χ1) is 8.70. The van der Waals surface area contributed by atoms with E-state index in [2.05, 4.69) is 11.7 Å². The zero-order valence-electron chi connectivity index (χ0n) is 10.4. The highest BCUT2D eigenvalue weighted by molar-refractivity contribution is 6.50. The van der Waals surface area contributed by atoms with Crippen molar-refractivity contribution in [2.45, 2.75) is 19.9 Å². The number of aryl methyl sites for hydroxylation is 1. The number of H-pyrrole nitrogens is 1. The maximum atomic E-state index is 11.0. The van der Waals surface area contributed by atoms with Gasteiger partial charge in [0.2, 0.25) is 0 Å². The van der Waals surface area contributed by atoms with Gasteiger partial charge in [0, 0.05) is 18.1 Å². The molecule has 4 nitrogen and oxygen atoms in total. The minimum atomic E-state index is -6.00. The van der Waals surface area contributed by atoms with Gasteiger partial charge < -0.3 is 22.0 Å². The number of halogens is 4. The summed E-state index contributed by atoms with van der Waals surface area (Å²) < 4.78 is 45.9. The molecule has 1 aromatic rings. The number of hydrogen-bond donors (Lipinski definition) is 1. The van der Waals surface area contributed by atoms with Crippen molar-refractivity contribution in [3.05, 3.63) is 30.6 Å². The van der Waals surface area contributed by atoms with Crippen molar-refractivity contribution in [1.29, 1.82) is 0 Å². The summed E-state index contributed by atoms with van der Waals surface area (Å²) in [4.78, 5) is 11.0. The van der Waals surface area contributed by atoms with Gasteiger partial charge in [0.15, 0.2) is 12.7 Å². The van der Waals surface area contributed by atoms with Gasteiger partial charge in [0.05, 0.1) is 12.8 Å². The summed E-state index contributed by atoms with van der Waals surface area (Å²) >= 11 is 0. The first-order valence-electron chi connectivity index (χ1n) is 5.43. The summed E-state index contributed by atoms with van der Waals surface area (Å²) in [5.74, 6) is -0.318. The van der Waals surface area contributed by atoms with Crippen molar-refractivity contribution in [1.82, 2.24) is 5.10 Å². The molecule has 0 fully saturated rings. The lowest BCUT2D eigenvalue weighted by Gasteiger charge is -2.01. The molecule has 0 aliphatic heterocycles. The minimum absolute atomic E-state index is 0.318. The third-order valence-electron chi connectivity index (χ3n) is 1.73. The molecule has 0 spiro atoms. The molecule has 0 saturated carbocycles. The van der Waals surface area contributed by atoms with E-state index in [1.54, 1.807) is 6.92 Å². The fraction of sp³-hybridized carbons (Fsp3) is 0.400. The van der Waals surface area contributed by atoms with E-state index in [0.717, 1.165) is 13.0 Å². The van der Waals surface area contributed by atoms with Crippen LogP contribution in [0.2, 0.25) is 0 Å². The Kier molecular flexibility index (Phi) is 7.54. The van der Waals surface area contributed by atoms with Crippen molar-refractivity contribution in [2.24, 2.45) is 0 Å². The summed E-state index contributed by atoms with van der Waals surface area (Å²) in [6, 6.07) is 1.92. The van der Waals surface area contributed by atoms with E-state index in [1.807, 2.05) is 23.1 Å². The lowest BCUT2D eigenvalue weighted by Crippen LogP contribution is -2.35. The van der Waals surface area contributed by atoms with Crippen molar-refractivity contribution in [3.63, 3.8) is 0 Å². The normalized spacial score (nSPS) is 10.4. The van der Waals surface area contributed by atoms with Crippen LogP contribution in [-0.2, 0) is 16.1 Å². The number of carbonyl (C=O) groups excluding carboxylic acids is 1. The molecule has 0 radical (unpaired) electrons. The number of esters is 1. The molecule has 1 heterocycles. The van der Waals surface area contributed by atoms with Crippen LogP contribution in [0.3, 0.4) is 0 Å². The molecule has 0 unspecified atom stereocenters. The molecule has 108 valence electrons. The molecule has 1 N–H and O–H groups in total. The molecule has 9 heteroatoms. The quantitative estimate of drug-likeness (QED) is 0.224. The van der Waals surface area contributed by atoms with Crippen LogP contribution in [0, 0.1) is 0 Å². The van der Waals surface area contributed by atoms with Gasteiger partial charge in [0.25, 0.3) is 0 Å². The number of hydrogen-bond acceptors (Lipinski definition) is 2. The monoisotopic (exact) mass is 282 g/mol. The van der Waals surface area contributed by atoms with Crippen LogP contribution in [0.25, 0.3) is 0 Å². The van der Waals surface area contributed by atoms with Gasteiger partial charge in [-0.3, -0.25) is 0 Å². The van der Waals surface area contributed by atoms with Gasteiger partial charge >= 0.3 is 13.2 Å². The van der Waals surface area contributed by atoms with Crippen LogP contribution in [0.1, 0.15) is 13.3 Å². The van der Waals surface area contributed by atoms with E-state index < -0.39 is 7.25 Å². The van der Waals surface area contributed by atoms with E-state index in [0.29, 0.717) is 12.2 Å². The Bertz CT molecular complexity index is 387. The number of nitrogens with one attached hydrogen (secondary N) is 1. The number of nitrogens with zero attached hydrogens (tertiary/aromatic N) is 1. The van der Waals surface area contributed by atoms with Crippen LogP contribution >= 0.6 is 0 Å². The summed E-state index contributed by atoms with van der Waals surface area (Å²) in [5.41, 5.74) is 0.442. The smallest absolute Gasteiger partial charge is 0.462 e. The lowest BCUT2D eigenvalue weighted by molar-refractivity contribution is -0.750. The number of ether oxygens (including phenoxy) is 1. The molecule has 1 aromatic heterocycles. The SMILES string of the molecule is C=C(C)C(=O)OCCC[n+]1ccc[nH]1.F[B-](F)(F)F. The molecule has 19 heavy (non-hydrogen) atoms. The second kappa shape index (κ2) is 8.33. The first-order valence-corrected chi connectivity index (χ1v) is 5.43. The Balaban J connectivity index is 0.000000555. The topological polar surface area (TPSA) is 46.0 Å². The maximum absolute atomic E-state index is 11.0. The van der Waals surface area contributed by atoms with Crippen LogP contribution in [-0.4, -0.2) is 24.9 Å². The molecule has 0 atom stereocenters. The van der Waals surface area contributed by atoms with Gasteiger partial charge in [-0.05, 0) is 6.92 Å². The van der Waals surface area contributed by atoms with Gasteiger partial charge in [-0.15, -0.1) is 4.68 Å². The molecule has 1 rings (SSSR count). The van der Waals surface area contributed by atoms with Gasteiger partial charge in [0.1, 0.15) is 0 Å². The number of rotatable bonds is 5. The Morgan fingerprint density at radius 3 is 2.42 bits per heavy atom. The Morgan fingerprint density at radius 2 is 2.00 bits per heavy atom. The summed E-state index contributed by atoms with van der Waals surface area (Å²) in [7, 11) is -6.00. The molecular formula is C10H15BF4N2O2. The average molecular weight is 282 g/mol. The van der Waals surface area contributed by atoms with Gasteiger partial charge in [-0.2, -0.15) is 5.10 Å². The number of aromatic amines is 1. The molecule has 0 aromatic carbocycles. The van der Waals surface area contributed by atoms with Crippen LogP contribution in [0.4, 0.5) is 17.3 Å². The Labute approximate surface area is 108 Å². The van der Waals surface area contributed by atoms with E-state index >= 15 is 0 Å². The zero-order chi connectivity index (χ0) is 14.9. The van der Waals surface area contributed by atoms with Crippen molar-refractivity contribution in [3.8, 4) is 0 Å². The summed E-state index contributed by atoms with van der Waals surface area (Å²) in [6.07, 6.45) is 4.57. The minimum Gasteiger partial charge on any atom is -0.462 e. The van der Waals surface area contributed by atoms with Crippen LogP contribution < -0.4 is 4.68 Å². The Morgan fingerprint density at radius 1 is 1.42 bits per heavy atom. The van der Waals surface area contributed by atoms with E-state index in [1.165, 1.54) is 0 Å². The van der Waals surface area contributed by atoms with Crippen molar-refractivity contribution >= 4 is 13.2 Å². The highest BCUT2D eigenvalue weighted by atomic mass is 19.5. The fourth-order valence-corrected chi connectivity index (χ4v) is 0.991. The van der Waals surface area contributed by atoms with Crippen molar-refractivity contribution < 1.29 is 31.5 Å². The van der Waals surface area contributed by atoms with Crippen LogP contribution in [0.5, 0.6) is 0 Å². The standard InChI is InChI=1S/C10H14N2O2.BF4/c1-9(2)10(13)14-8-4-7-12-6-3-5-11-12;2-1(3,4)5/h3,5-6H,1,4,7-8H2,2H3;/q;-1/p+1. The van der Waals surface area contributed by atoms with Gasteiger partial charge in [-0.25, -0.2) is 4.79 Å². The fourth-order valence-electron chi connectivity index (χ4n) is 0.991. The predicted molar refractivity (Wildman–Crippen MR) is 61.6 cm³/mol. The molecule has 0 aliphatic carbocycles. The average Bonchev–Trinajstić information content (AvgIpc) is 2.74. The summed E-state index contributed by atoms with van der Waals surface area (Å²) in [5, 5.41) is 3.01. The van der Waals surface area contributed by atoms with E-state index in [-0.39, 0.29) is 5.97 Å². The lowest BCUT2D eigenvalue weighted by atomic mass is 10.3. The highest BCUT2D eigenvalue weighted by Crippen LogP contribution is 2.06. The van der Waals surface area contributed by atoms with Gasteiger partial charge in [-0.1, -0.05) is 6.58 Å². The zero-order valence-corrected chi connectivity index (χ0v) is 10.4. The highest BCUT2D eigenvalue weighted by Gasteiger charge is 2.20. The first kappa shape index (κ1) is 17.2. The molecule has 0 bridgehead atoms. The third-order valence-corrected chi connectivity index (χ3v) is 1.73. The Hall–Kier alpha value is -1.80. The third kappa shape index (κ3) is 12.5. The largest absolute Gasteiger partial charge is 0.673 e. The molecule has 0 amide bonds.